The molecule has 0 aliphatic carbocycles. The van der Waals surface area contributed by atoms with Crippen LogP contribution >= 0.6 is 0 Å². The molecule has 6 heteroatoms. The Morgan fingerprint density at radius 2 is 1.79 bits per heavy atom. The van der Waals surface area contributed by atoms with Crippen LogP contribution in [-0.2, 0) is 19.6 Å². The fourth-order valence-electron chi connectivity index (χ4n) is 3.31. The molecule has 0 N–H and O–H groups in total. The maximum absolute atomic E-state index is 13.2. The summed E-state index contributed by atoms with van der Waals surface area (Å²) in [6.07, 6.45) is 1.35. The number of hydrogen-bond donors (Lipinski definition) is 0. The van der Waals surface area contributed by atoms with Gasteiger partial charge in [-0.15, -0.1) is 0 Å². The van der Waals surface area contributed by atoms with Gasteiger partial charge in [-0.25, -0.2) is 8.42 Å². The van der Waals surface area contributed by atoms with Crippen LogP contribution in [0.3, 0.4) is 0 Å². The summed E-state index contributed by atoms with van der Waals surface area (Å²) in [4.78, 5) is 12.4. The van der Waals surface area contributed by atoms with E-state index < -0.39 is 10.0 Å². The number of hydrogen-bond acceptors (Lipinski definition) is 4. The van der Waals surface area contributed by atoms with Crippen molar-refractivity contribution < 1.29 is 17.9 Å². The van der Waals surface area contributed by atoms with E-state index in [1.165, 1.54) is 4.31 Å². The van der Waals surface area contributed by atoms with Gasteiger partial charge in [0.2, 0.25) is 10.0 Å². The Morgan fingerprint density at radius 3 is 2.33 bits per heavy atom. The van der Waals surface area contributed by atoms with Crippen molar-refractivity contribution in [2.45, 2.75) is 52.4 Å². The molecule has 1 heterocycles. The van der Waals surface area contributed by atoms with E-state index in [0.717, 1.165) is 22.3 Å². The Hall–Kier alpha value is -1.40. The van der Waals surface area contributed by atoms with Crippen molar-refractivity contribution in [3.63, 3.8) is 0 Å². The molecule has 1 atom stereocenters. The Morgan fingerprint density at radius 1 is 1.21 bits per heavy atom. The molecule has 0 amide bonds. The predicted octanol–water partition coefficient (Wildman–Crippen LogP) is 2.88. The number of piperidine rings is 1. The lowest BCUT2D eigenvalue weighted by molar-refractivity contribution is -0.149. The summed E-state index contributed by atoms with van der Waals surface area (Å²) in [5, 5.41) is 0. The van der Waals surface area contributed by atoms with Crippen LogP contribution in [0.5, 0.6) is 0 Å². The van der Waals surface area contributed by atoms with Gasteiger partial charge in [0.05, 0.1) is 17.4 Å². The topological polar surface area (TPSA) is 63.7 Å². The van der Waals surface area contributed by atoms with Gasteiger partial charge in [-0.05, 0) is 69.7 Å². The number of ether oxygens (including phenoxy) is 1. The lowest BCUT2D eigenvalue weighted by atomic mass is 10.00. The standard InChI is InChI=1S/C18H27NO4S/c1-6-23-18(20)16-8-7-9-19(11-16)24(21,22)17-14(4)12(2)10-13(3)15(17)5/h10,16H,6-9,11H2,1-5H3/t16-/m0/s1. The molecule has 134 valence electrons. The Kier molecular flexibility index (Phi) is 5.71. The van der Waals surface area contributed by atoms with E-state index in [0.29, 0.717) is 30.9 Å². The first kappa shape index (κ1) is 18.9. The molecule has 1 aliphatic rings. The molecule has 0 radical (unpaired) electrons. The molecular weight excluding hydrogens is 326 g/mol. The van der Waals surface area contributed by atoms with E-state index in [1.807, 2.05) is 33.8 Å². The number of nitrogens with zero attached hydrogens (tertiary/aromatic N) is 1. The van der Waals surface area contributed by atoms with Crippen LogP contribution in [0.25, 0.3) is 0 Å². The second kappa shape index (κ2) is 7.23. The summed E-state index contributed by atoms with van der Waals surface area (Å²) < 4.78 is 33.0. The van der Waals surface area contributed by atoms with Crippen LogP contribution in [0.4, 0.5) is 0 Å². The molecular formula is C18H27NO4S. The Bertz CT molecular complexity index is 714. The van der Waals surface area contributed by atoms with E-state index >= 15 is 0 Å². The first-order valence-corrected chi connectivity index (χ1v) is 9.88. The minimum absolute atomic E-state index is 0.201. The van der Waals surface area contributed by atoms with Crippen LogP contribution in [0.2, 0.25) is 0 Å². The van der Waals surface area contributed by atoms with Crippen molar-refractivity contribution in [1.29, 1.82) is 0 Å². The maximum atomic E-state index is 13.2. The maximum Gasteiger partial charge on any atom is 0.310 e. The van der Waals surface area contributed by atoms with Crippen LogP contribution in [0.1, 0.15) is 42.0 Å². The second-order valence-electron chi connectivity index (χ2n) is 6.54. The zero-order valence-corrected chi connectivity index (χ0v) is 16.0. The first-order valence-electron chi connectivity index (χ1n) is 8.44. The third-order valence-electron chi connectivity index (χ3n) is 4.90. The van der Waals surface area contributed by atoms with Crippen molar-refractivity contribution >= 4 is 16.0 Å². The van der Waals surface area contributed by atoms with Crippen molar-refractivity contribution in [1.82, 2.24) is 4.31 Å². The number of esters is 1. The molecule has 1 aromatic rings. The normalized spacial score (nSPS) is 19.3. The Balaban J connectivity index is 2.39. The highest BCUT2D eigenvalue weighted by molar-refractivity contribution is 7.89. The molecule has 2 rings (SSSR count). The van der Waals surface area contributed by atoms with Gasteiger partial charge in [-0.3, -0.25) is 4.79 Å². The summed E-state index contributed by atoms with van der Waals surface area (Å²) in [7, 11) is -3.62. The van der Waals surface area contributed by atoms with Crippen molar-refractivity contribution in [3.8, 4) is 0 Å². The van der Waals surface area contributed by atoms with Gasteiger partial charge >= 0.3 is 5.97 Å². The van der Waals surface area contributed by atoms with Crippen LogP contribution in [0.15, 0.2) is 11.0 Å². The number of sulfonamides is 1. The highest BCUT2D eigenvalue weighted by Gasteiger charge is 2.35. The van der Waals surface area contributed by atoms with E-state index in [9.17, 15) is 13.2 Å². The fraction of sp³-hybridized carbons (Fsp3) is 0.611. The summed E-state index contributed by atoms with van der Waals surface area (Å²) in [5.74, 6) is -0.675. The van der Waals surface area contributed by atoms with Gasteiger partial charge in [0.1, 0.15) is 0 Å². The minimum atomic E-state index is -3.62. The zero-order valence-electron chi connectivity index (χ0n) is 15.2. The summed E-state index contributed by atoms with van der Waals surface area (Å²) in [5.41, 5.74) is 3.51. The van der Waals surface area contributed by atoms with Crippen LogP contribution in [0, 0.1) is 33.6 Å². The van der Waals surface area contributed by atoms with Gasteiger partial charge in [0, 0.05) is 13.1 Å². The molecule has 24 heavy (non-hydrogen) atoms. The predicted molar refractivity (Wildman–Crippen MR) is 93.5 cm³/mol. The van der Waals surface area contributed by atoms with Crippen molar-refractivity contribution in [2.75, 3.05) is 19.7 Å². The van der Waals surface area contributed by atoms with Gasteiger partial charge < -0.3 is 4.74 Å². The summed E-state index contributed by atoms with van der Waals surface area (Å²) in [6, 6.07) is 2.02. The van der Waals surface area contributed by atoms with Gasteiger partial charge in [-0.2, -0.15) is 4.31 Å². The molecule has 5 nitrogen and oxygen atoms in total. The second-order valence-corrected chi connectivity index (χ2v) is 8.42. The molecule has 0 unspecified atom stereocenters. The van der Waals surface area contributed by atoms with Gasteiger partial charge in [0.25, 0.3) is 0 Å². The molecule has 0 bridgehead atoms. The Labute approximate surface area is 145 Å². The summed E-state index contributed by atoms with van der Waals surface area (Å²) >= 11 is 0. The zero-order chi connectivity index (χ0) is 18.1. The lowest BCUT2D eigenvalue weighted by Gasteiger charge is -2.32. The van der Waals surface area contributed by atoms with E-state index in [2.05, 4.69) is 0 Å². The smallest absolute Gasteiger partial charge is 0.310 e. The largest absolute Gasteiger partial charge is 0.466 e. The molecule has 1 saturated heterocycles. The van der Waals surface area contributed by atoms with E-state index in [4.69, 9.17) is 4.74 Å². The minimum Gasteiger partial charge on any atom is -0.466 e. The molecule has 1 aliphatic heterocycles. The highest BCUT2D eigenvalue weighted by Crippen LogP contribution is 2.31. The highest BCUT2D eigenvalue weighted by atomic mass is 32.2. The monoisotopic (exact) mass is 353 g/mol. The number of carbonyl (C=O) groups is 1. The first-order chi connectivity index (χ1) is 11.2. The van der Waals surface area contributed by atoms with Crippen LogP contribution in [-0.4, -0.2) is 38.4 Å². The average Bonchev–Trinajstić information content (AvgIpc) is 2.53. The average molecular weight is 353 g/mol. The van der Waals surface area contributed by atoms with E-state index in [-0.39, 0.29) is 18.4 Å². The molecule has 0 spiro atoms. The third-order valence-corrected chi connectivity index (χ3v) is 7.04. The summed E-state index contributed by atoms with van der Waals surface area (Å²) in [6.45, 7) is 10.3. The van der Waals surface area contributed by atoms with Gasteiger partial charge in [0.15, 0.2) is 0 Å². The molecule has 1 fully saturated rings. The SMILES string of the molecule is CCOC(=O)[C@H]1CCCN(S(=O)(=O)c2c(C)c(C)cc(C)c2C)C1. The number of carbonyl (C=O) groups excluding carboxylic acids is 1. The molecule has 0 saturated carbocycles. The van der Waals surface area contributed by atoms with Gasteiger partial charge in [-0.1, -0.05) is 6.07 Å². The van der Waals surface area contributed by atoms with Crippen molar-refractivity contribution in [2.24, 2.45) is 5.92 Å². The quantitative estimate of drug-likeness (QED) is 0.781. The van der Waals surface area contributed by atoms with Crippen LogP contribution < -0.4 is 0 Å². The lowest BCUT2D eigenvalue weighted by Crippen LogP contribution is -2.43. The molecule has 0 aromatic heterocycles. The number of rotatable bonds is 4. The number of aryl methyl sites for hydroxylation is 2. The number of benzene rings is 1. The molecule has 1 aromatic carbocycles. The van der Waals surface area contributed by atoms with E-state index in [1.54, 1.807) is 6.92 Å². The van der Waals surface area contributed by atoms with Crippen molar-refractivity contribution in [3.05, 3.63) is 28.3 Å². The fourth-order valence-corrected chi connectivity index (χ4v) is 5.41. The third kappa shape index (κ3) is 3.49.